The minimum absolute atomic E-state index is 0.0323. The van der Waals surface area contributed by atoms with Crippen LogP contribution < -0.4 is 10.2 Å². The van der Waals surface area contributed by atoms with Crippen LogP contribution >= 0.6 is 0 Å². The second-order valence-electron chi connectivity index (χ2n) is 7.64. The minimum Gasteiger partial charge on any atom is -0.507 e. The maximum absolute atomic E-state index is 12.8. The highest BCUT2D eigenvalue weighted by molar-refractivity contribution is 5.88. The maximum Gasteiger partial charge on any atom is 0.197 e. The molecule has 11 heteroatoms. The standard InChI is InChI=1S/C22H22O11/c1-31-12-3-2-8(4-9(12)24)13-5-10(25)16-14(32-13)6-11(26)17(19(16)28)22-21(30)20(29)18(27)15(7-23)33-22/h2-6,15,18,20-24,26-30H,7H2,1H3/t15-,18-,20+,21-,22?/m1/s1. The van der Waals surface area contributed by atoms with Crippen molar-refractivity contribution in [2.24, 2.45) is 0 Å². The number of aromatic hydroxyl groups is 3. The fourth-order valence-corrected chi connectivity index (χ4v) is 3.91. The van der Waals surface area contributed by atoms with E-state index in [9.17, 15) is 40.5 Å². The van der Waals surface area contributed by atoms with Gasteiger partial charge in [0.15, 0.2) is 16.9 Å². The molecule has 33 heavy (non-hydrogen) atoms. The van der Waals surface area contributed by atoms with Crippen molar-refractivity contribution in [2.75, 3.05) is 13.7 Å². The summed E-state index contributed by atoms with van der Waals surface area (Å²) in [6, 6.07) is 6.40. The molecule has 4 rings (SSSR count). The Kier molecular flexibility index (Phi) is 5.91. The van der Waals surface area contributed by atoms with Gasteiger partial charge in [-0.15, -0.1) is 0 Å². The Morgan fingerprint density at radius 2 is 1.70 bits per heavy atom. The number of aliphatic hydroxyl groups is 4. The predicted octanol–water partition coefficient (Wildman–Crippen LogP) is 0.100. The third-order valence-corrected chi connectivity index (χ3v) is 5.65. The van der Waals surface area contributed by atoms with Gasteiger partial charge in [0.25, 0.3) is 0 Å². The molecular weight excluding hydrogens is 440 g/mol. The first-order chi connectivity index (χ1) is 15.7. The van der Waals surface area contributed by atoms with Crippen LogP contribution in [-0.4, -0.2) is 73.9 Å². The van der Waals surface area contributed by atoms with Crippen molar-refractivity contribution in [2.45, 2.75) is 30.5 Å². The van der Waals surface area contributed by atoms with Crippen LogP contribution in [0.4, 0.5) is 0 Å². The molecule has 7 N–H and O–H groups in total. The molecule has 2 heterocycles. The molecule has 11 nitrogen and oxygen atoms in total. The molecule has 1 aromatic heterocycles. The molecule has 0 aliphatic carbocycles. The molecule has 0 radical (unpaired) electrons. The molecule has 1 saturated heterocycles. The SMILES string of the molecule is COc1ccc(-c2cc(=O)c3c(O)c(C4O[C@H](CO)[C@@H](O)[C@H](O)[C@H]4O)c(O)cc3o2)cc1O. The molecule has 0 spiro atoms. The van der Waals surface area contributed by atoms with Gasteiger partial charge in [-0.05, 0) is 18.2 Å². The number of ether oxygens (including phenoxy) is 2. The first-order valence-electron chi connectivity index (χ1n) is 9.88. The van der Waals surface area contributed by atoms with E-state index in [0.29, 0.717) is 5.56 Å². The zero-order valence-electron chi connectivity index (χ0n) is 17.2. The van der Waals surface area contributed by atoms with Gasteiger partial charge in [0.2, 0.25) is 0 Å². The van der Waals surface area contributed by atoms with E-state index in [4.69, 9.17) is 13.9 Å². The third kappa shape index (κ3) is 3.75. The number of rotatable bonds is 4. The van der Waals surface area contributed by atoms with Crippen LogP contribution in [0.5, 0.6) is 23.0 Å². The molecular formula is C22H22O11. The summed E-state index contributed by atoms with van der Waals surface area (Å²) in [4.78, 5) is 12.8. The Balaban J connectivity index is 1.84. The average molecular weight is 462 g/mol. The van der Waals surface area contributed by atoms with Crippen molar-refractivity contribution >= 4 is 11.0 Å². The van der Waals surface area contributed by atoms with E-state index in [1.807, 2.05) is 0 Å². The summed E-state index contributed by atoms with van der Waals surface area (Å²) in [5.74, 6) is -1.33. The van der Waals surface area contributed by atoms with Crippen LogP contribution in [0.15, 0.2) is 39.5 Å². The largest absolute Gasteiger partial charge is 0.507 e. The number of phenols is 3. The number of hydrogen-bond acceptors (Lipinski definition) is 11. The highest BCUT2D eigenvalue weighted by atomic mass is 16.5. The lowest BCUT2D eigenvalue weighted by Gasteiger charge is -2.40. The molecule has 3 aromatic rings. The van der Waals surface area contributed by atoms with Gasteiger partial charge in [0, 0.05) is 17.7 Å². The Morgan fingerprint density at radius 3 is 2.33 bits per heavy atom. The monoisotopic (exact) mass is 462 g/mol. The van der Waals surface area contributed by atoms with Gasteiger partial charge >= 0.3 is 0 Å². The van der Waals surface area contributed by atoms with Gasteiger partial charge in [0.05, 0.1) is 19.3 Å². The topological polar surface area (TPSA) is 190 Å². The zero-order valence-corrected chi connectivity index (χ0v) is 17.2. The summed E-state index contributed by atoms with van der Waals surface area (Å²) in [5, 5.41) is 70.7. The van der Waals surface area contributed by atoms with Gasteiger partial charge in [-0.2, -0.15) is 0 Å². The summed E-state index contributed by atoms with van der Waals surface area (Å²) in [5.41, 5.74) is -0.994. The second kappa shape index (κ2) is 8.54. The first kappa shape index (κ1) is 22.8. The molecule has 2 aromatic carbocycles. The van der Waals surface area contributed by atoms with E-state index < -0.39 is 59.6 Å². The van der Waals surface area contributed by atoms with Crippen LogP contribution in [0.2, 0.25) is 0 Å². The molecule has 0 amide bonds. The van der Waals surface area contributed by atoms with E-state index in [2.05, 4.69) is 0 Å². The number of hydrogen-bond donors (Lipinski definition) is 7. The van der Waals surface area contributed by atoms with Crippen LogP contribution in [0.3, 0.4) is 0 Å². The Morgan fingerprint density at radius 1 is 0.970 bits per heavy atom. The summed E-state index contributed by atoms with van der Waals surface area (Å²) in [6.45, 7) is -0.712. The van der Waals surface area contributed by atoms with E-state index >= 15 is 0 Å². The molecule has 1 unspecified atom stereocenters. The van der Waals surface area contributed by atoms with Crippen LogP contribution in [0.1, 0.15) is 11.7 Å². The highest BCUT2D eigenvalue weighted by Gasteiger charge is 2.46. The highest BCUT2D eigenvalue weighted by Crippen LogP contribution is 2.44. The lowest BCUT2D eigenvalue weighted by molar-refractivity contribution is -0.232. The summed E-state index contributed by atoms with van der Waals surface area (Å²) >= 11 is 0. The fraction of sp³-hybridized carbons (Fsp3) is 0.318. The second-order valence-corrected chi connectivity index (χ2v) is 7.64. The van der Waals surface area contributed by atoms with Crippen molar-refractivity contribution in [1.29, 1.82) is 0 Å². The Bertz CT molecular complexity index is 1250. The predicted molar refractivity (Wildman–Crippen MR) is 112 cm³/mol. The first-order valence-corrected chi connectivity index (χ1v) is 9.88. The van der Waals surface area contributed by atoms with E-state index in [1.165, 1.54) is 25.3 Å². The van der Waals surface area contributed by atoms with Gasteiger partial charge in [0.1, 0.15) is 58.7 Å². The molecule has 176 valence electrons. The fourth-order valence-electron chi connectivity index (χ4n) is 3.91. The number of phenolic OH excluding ortho intramolecular Hbond substituents is 3. The Hall–Kier alpha value is -3.35. The van der Waals surface area contributed by atoms with E-state index in [-0.39, 0.29) is 28.2 Å². The van der Waals surface area contributed by atoms with Crippen molar-refractivity contribution in [3.05, 3.63) is 46.1 Å². The van der Waals surface area contributed by atoms with Crippen molar-refractivity contribution in [3.63, 3.8) is 0 Å². The molecule has 1 aliphatic heterocycles. The van der Waals surface area contributed by atoms with Gasteiger partial charge in [-0.3, -0.25) is 4.79 Å². The molecule has 1 aliphatic rings. The van der Waals surface area contributed by atoms with Crippen LogP contribution in [0, 0.1) is 0 Å². The zero-order chi connectivity index (χ0) is 24.0. The van der Waals surface area contributed by atoms with Gasteiger partial charge < -0.3 is 49.6 Å². The third-order valence-electron chi connectivity index (χ3n) is 5.65. The van der Waals surface area contributed by atoms with E-state index in [0.717, 1.165) is 12.1 Å². The van der Waals surface area contributed by atoms with E-state index in [1.54, 1.807) is 0 Å². The summed E-state index contributed by atoms with van der Waals surface area (Å²) in [6.07, 6.45) is -8.03. The number of aliphatic hydroxyl groups excluding tert-OH is 4. The summed E-state index contributed by atoms with van der Waals surface area (Å²) < 4.78 is 16.0. The van der Waals surface area contributed by atoms with Crippen molar-refractivity contribution < 1.29 is 49.6 Å². The smallest absolute Gasteiger partial charge is 0.197 e. The number of methoxy groups -OCH3 is 1. The lowest BCUT2D eigenvalue weighted by Crippen LogP contribution is -2.55. The van der Waals surface area contributed by atoms with Crippen LogP contribution in [-0.2, 0) is 4.74 Å². The van der Waals surface area contributed by atoms with Gasteiger partial charge in [-0.1, -0.05) is 0 Å². The average Bonchev–Trinajstić information content (AvgIpc) is 2.78. The van der Waals surface area contributed by atoms with Crippen molar-refractivity contribution in [1.82, 2.24) is 0 Å². The minimum atomic E-state index is -1.79. The van der Waals surface area contributed by atoms with Crippen LogP contribution in [0.25, 0.3) is 22.3 Å². The quantitative estimate of drug-likeness (QED) is 0.278. The molecule has 0 saturated carbocycles. The molecule has 1 fully saturated rings. The maximum atomic E-state index is 12.8. The normalized spacial score (nSPS) is 25.3. The van der Waals surface area contributed by atoms with Gasteiger partial charge in [-0.25, -0.2) is 0 Å². The molecule has 0 bridgehead atoms. The van der Waals surface area contributed by atoms with Crippen molar-refractivity contribution in [3.8, 4) is 34.3 Å². The Labute approximate surface area is 185 Å². The number of fused-ring (bicyclic) bond motifs is 1. The summed E-state index contributed by atoms with van der Waals surface area (Å²) in [7, 11) is 1.38. The molecule has 5 atom stereocenters. The lowest BCUT2D eigenvalue weighted by atomic mass is 9.89. The number of benzene rings is 2.